The average Bonchev–Trinajstić information content (AvgIpc) is 2.80. The minimum Gasteiger partial charge on any atom is -0.0909 e. The standard InChI is InChI=1S/C32H42/c1-7-28-20-30(24(5)22(3)23(28)4)14-12-27-13-17-32-25(6)29(15-16-31(32)19-27)18-26-10-8-21(2)9-11-26/h8-11,13,15,17,19,22-24,28,30H,6-7,12,14,16,18,20H2,1-5H3. The van der Waals surface area contributed by atoms with Crippen molar-refractivity contribution < 1.29 is 0 Å². The summed E-state index contributed by atoms with van der Waals surface area (Å²) in [7, 11) is 0. The Hall–Kier alpha value is -2.08. The molecule has 0 nitrogen and oxygen atoms in total. The Kier molecular flexibility index (Phi) is 7.08. The van der Waals surface area contributed by atoms with Crippen molar-refractivity contribution in [3.63, 3.8) is 0 Å². The lowest BCUT2D eigenvalue weighted by Crippen LogP contribution is -2.36. The zero-order valence-electron chi connectivity index (χ0n) is 21.0. The minimum absolute atomic E-state index is 0.845. The molecule has 1 saturated carbocycles. The van der Waals surface area contributed by atoms with Gasteiger partial charge >= 0.3 is 0 Å². The zero-order valence-corrected chi connectivity index (χ0v) is 21.0. The fraction of sp³-hybridized carbons (Fsp3) is 0.500. The summed E-state index contributed by atoms with van der Waals surface area (Å²) in [6.45, 7) is 16.5. The van der Waals surface area contributed by atoms with Crippen LogP contribution in [0.2, 0.25) is 0 Å². The van der Waals surface area contributed by atoms with Gasteiger partial charge in [0, 0.05) is 0 Å². The van der Waals surface area contributed by atoms with Gasteiger partial charge in [0.15, 0.2) is 0 Å². The van der Waals surface area contributed by atoms with Gasteiger partial charge in [0.1, 0.15) is 0 Å². The third-order valence-corrected chi connectivity index (χ3v) is 9.05. The normalized spacial score (nSPS) is 27.7. The summed E-state index contributed by atoms with van der Waals surface area (Å²) in [6.07, 6.45) is 9.75. The second kappa shape index (κ2) is 9.82. The van der Waals surface area contributed by atoms with Crippen LogP contribution in [0.3, 0.4) is 0 Å². The Morgan fingerprint density at radius 2 is 1.56 bits per heavy atom. The maximum absolute atomic E-state index is 4.47. The summed E-state index contributed by atoms with van der Waals surface area (Å²) in [4.78, 5) is 0. The van der Waals surface area contributed by atoms with Crippen LogP contribution in [0.15, 0.2) is 60.7 Å². The lowest BCUT2D eigenvalue weighted by Gasteiger charge is -2.44. The first-order chi connectivity index (χ1) is 15.4. The first-order valence-corrected chi connectivity index (χ1v) is 12.9. The van der Waals surface area contributed by atoms with Crippen LogP contribution >= 0.6 is 0 Å². The number of allylic oxidation sites excluding steroid dienone is 3. The molecule has 5 atom stereocenters. The quantitative estimate of drug-likeness (QED) is 0.433. The highest BCUT2D eigenvalue weighted by Gasteiger charge is 2.36. The number of aryl methyl sites for hydroxylation is 2. The van der Waals surface area contributed by atoms with Gasteiger partial charge in [-0.25, -0.2) is 0 Å². The Morgan fingerprint density at radius 1 is 0.875 bits per heavy atom. The highest BCUT2D eigenvalue weighted by Crippen LogP contribution is 2.45. The summed E-state index contributed by atoms with van der Waals surface area (Å²) in [5.41, 5.74) is 9.63. The molecule has 5 unspecified atom stereocenters. The largest absolute Gasteiger partial charge is 0.0909 e. The van der Waals surface area contributed by atoms with Crippen molar-refractivity contribution in [3.8, 4) is 0 Å². The Bertz CT molecular complexity index is 972. The molecule has 0 amide bonds. The molecule has 2 aromatic rings. The van der Waals surface area contributed by atoms with Crippen LogP contribution in [-0.2, 0) is 19.3 Å². The molecule has 0 heterocycles. The van der Waals surface area contributed by atoms with E-state index in [1.165, 1.54) is 64.6 Å². The van der Waals surface area contributed by atoms with Crippen LogP contribution in [0.25, 0.3) is 5.57 Å². The third-order valence-electron chi connectivity index (χ3n) is 9.05. The first kappa shape index (κ1) is 23.1. The number of hydrogen-bond donors (Lipinski definition) is 0. The summed E-state index contributed by atoms with van der Waals surface area (Å²) in [6, 6.07) is 16.1. The molecule has 0 N–H and O–H groups in total. The molecule has 2 aliphatic rings. The predicted octanol–water partition coefficient (Wildman–Crippen LogP) is 8.62. The topological polar surface area (TPSA) is 0 Å². The lowest BCUT2D eigenvalue weighted by atomic mass is 9.62. The molecular weight excluding hydrogens is 384 g/mol. The van der Waals surface area contributed by atoms with Crippen LogP contribution in [0.5, 0.6) is 0 Å². The van der Waals surface area contributed by atoms with Crippen molar-refractivity contribution in [1.82, 2.24) is 0 Å². The van der Waals surface area contributed by atoms with E-state index in [0.29, 0.717) is 0 Å². The summed E-state index contributed by atoms with van der Waals surface area (Å²) in [5.74, 6) is 4.36. The highest BCUT2D eigenvalue weighted by atomic mass is 14.4. The van der Waals surface area contributed by atoms with E-state index >= 15 is 0 Å². The molecule has 4 rings (SSSR count). The van der Waals surface area contributed by atoms with Crippen LogP contribution in [0, 0.1) is 36.5 Å². The van der Waals surface area contributed by atoms with Gasteiger partial charge in [-0.05, 0) is 102 Å². The summed E-state index contributed by atoms with van der Waals surface area (Å²) in [5, 5.41) is 0. The zero-order chi connectivity index (χ0) is 22.8. The van der Waals surface area contributed by atoms with Gasteiger partial charge in [0.25, 0.3) is 0 Å². The average molecular weight is 427 g/mol. The molecule has 2 aromatic carbocycles. The van der Waals surface area contributed by atoms with Gasteiger partial charge in [-0.15, -0.1) is 0 Å². The molecule has 2 aliphatic carbocycles. The van der Waals surface area contributed by atoms with Gasteiger partial charge in [0.2, 0.25) is 0 Å². The molecule has 0 bridgehead atoms. The van der Waals surface area contributed by atoms with E-state index in [1.54, 1.807) is 0 Å². The van der Waals surface area contributed by atoms with Gasteiger partial charge < -0.3 is 0 Å². The highest BCUT2D eigenvalue weighted by molar-refractivity contribution is 5.81. The monoisotopic (exact) mass is 426 g/mol. The molecule has 0 heteroatoms. The third kappa shape index (κ3) is 4.80. The molecule has 170 valence electrons. The number of fused-ring (bicyclic) bond motifs is 1. The summed E-state index contributed by atoms with van der Waals surface area (Å²) < 4.78 is 0. The predicted molar refractivity (Wildman–Crippen MR) is 140 cm³/mol. The molecule has 0 saturated heterocycles. The fourth-order valence-corrected chi connectivity index (χ4v) is 6.33. The molecular formula is C32H42. The summed E-state index contributed by atoms with van der Waals surface area (Å²) >= 11 is 0. The van der Waals surface area contributed by atoms with E-state index in [9.17, 15) is 0 Å². The maximum atomic E-state index is 4.47. The number of rotatable bonds is 6. The molecule has 0 aromatic heterocycles. The van der Waals surface area contributed by atoms with Crippen LogP contribution in [0.4, 0.5) is 0 Å². The van der Waals surface area contributed by atoms with Crippen molar-refractivity contribution >= 4 is 5.57 Å². The van der Waals surface area contributed by atoms with Crippen LogP contribution in [-0.4, -0.2) is 0 Å². The van der Waals surface area contributed by atoms with Gasteiger partial charge in [-0.3, -0.25) is 0 Å². The van der Waals surface area contributed by atoms with E-state index in [-0.39, 0.29) is 0 Å². The second-order valence-electron chi connectivity index (χ2n) is 10.8. The fourth-order valence-electron chi connectivity index (χ4n) is 6.33. The van der Waals surface area contributed by atoms with Crippen molar-refractivity contribution in [2.75, 3.05) is 0 Å². The van der Waals surface area contributed by atoms with E-state index in [1.807, 2.05) is 0 Å². The van der Waals surface area contributed by atoms with E-state index in [2.05, 4.69) is 89.7 Å². The molecule has 0 aliphatic heterocycles. The maximum Gasteiger partial charge on any atom is -0.00229 e. The van der Waals surface area contributed by atoms with Crippen LogP contribution in [0.1, 0.15) is 74.8 Å². The van der Waals surface area contributed by atoms with Gasteiger partial charge in [-0.2, -0.15) is 0 Å². The van der Waals surface area contributed by atoms with E-state index in [0.717, 1.165) is 42.4 Å². The number of hydrogen-bond acceptors (Lipinski definition) is 0. The van der Waals surface area contributed by atoms with Gasteiger partial charge in [0.05, 0.1) is 0 Å². The molecule has 0 radical (unpaired) electrons. The second-order valence-corrected chi connectivity index (χ2v) is 10.8. The molecule has 0 spiro atoms. The van der Waals surface area contributed by atoms with Crippen molar-refractivity contribution in [2.45, 2.75) is 73.1 Å². The molecule has 32 heavy (non-hydrogen) atoms. The van der Waals surface area contributed by atoms with Crippen molar-refractivity contribution in [3.05, 3.63) is 88.5 Å². The van der Waals surface area contributed by atoms with Crippen molar-refractivity contribution in [1.29, 1.82) is 0 Å². The first-order valence-electron chi connectivity index (χ1n) is 12.9. The Labute approximate surface area is 196 Å². The Morgan fingerprint density at radius 3 is 2.28 bits per heavy atom. The Balaban J connectivity index is 1.41. The number of benzene rings is 2. The molecule has 1 fully saturated rings. The minimum atomic E-state index is 0.845. The van der Waals surface area contributed by atoms with E-state index in [4.69, 9.17) is 0 Å². The van der Waals surface area contributed by atoms with Crippen molar-refractivity contribution in [2.24, 2.45) is 29.6 Å². The van der Waals surface area contributed by atoms with E-state index < -0.39 is 0 Å². The SMILES string of the molecule is C=C1C(Cc2ccc(C)cc2)=CCc2cc(CCC3CC(CC)C(C)C(C)C3C)ccc21. The van der Waals surface area contributed by atoms with Gasteiger partial charge in [-0.1, -0.05) is 94.8 Å². The smallest absolute Gasteiger partial charge is 0.00229 e. The lowest BCUT2D eigenvalue weighted by molar-refractivity contribution is 0.0603. The van der Waals surface area contributed by atoms with Crippen LogP contribution < -0.4 is 0 Å².